The highest BCUT2D eigenvalue weighted by Gasteiger charge is 2.62. The number of nitrogens with zero attached hydrogens (tertiary/aromatic N) is 2. The standard InChI is InChI=1S/C22H29N3O2/c1-21(2,3)20(26)24-11-17-18-13-25(14-22(18)8-7-19(17)27-22)12-16-6-4-5-15(9-16)10-23/h4-6,9,17-19H,7-8,11-14H2,1-3H3,(H,24,26)/t17-,18+,19+,22+/m0/s1. The normalized spacial score (nSPS) is 32.3. The Balaban J connectivity index is 1.43. The molecule has 144 valence electrons. The monoisotopic (exact) mass is 367 g/mol. The molecular weight excluding hydrogens is 338 g/mol. The number of benzene rings is 1. The van der Waals surface area contributed by atoms with Crippen LogP contribution in [0.2, 0.25) is 0 Å². The van der Waals surface area contributed by atoms with E-state index in [4.69, 9.17) is 10.00 Å². The minimum Gasteiger partial charge on any atom is -0.370 e. The van der Waals surface area contributed by atoms with Gasteiger partial charge in [-0.05, 0) is 30.5 Å². The molecule has 4 atom stereocenters. The van der Waals surface area contributed by atoms with Crippen molar-refractivity contribution in [1.29, 1.82) is 5.26 Å². The van der Waals surface area contributed by atoms with Crippen LogP contribution in [0.5, 0.6) is 0 Å². The summed E-state index contributed by atoms with van der Waals surface area (Å²) in [6, 6.07) is 10.1. The minimum absolute atomic E-state index is 0.0331. The Labute approximate surface area is 161 Å². The number of hydrogen-bond donors (Lipinski definition) is 1. The van der Waals surface area contributed by atoms with Gasteiger partial charge in [-0.2, -0.15) is 5.26 Å². The quantitative estimate of drug-likeness (QED) is 0.889. The third-order valence-electron chi connectivity index (χ3n) is 6.50. The van der Waals surface area contributed by atoms with Gasteiger partial charge >= 0.3 is 0 Å². The lowest BCUT2D eigenvalue weighted by atomic mass is 9.73. The van der Waals surface area contributed by atoms with Crippen molar-refractivity contribution in [3.05, 3.63) is 35.4 Å². The first-order valence-corrected chi connectivity index (χ1v) is 9.98. The van der Waals surface area contributed by atoms with Crippen LogP contribution in [0, 0.1) is 28.6 Å². The Bertz CT molecular complexity index is 778. The summed E-state index contributed by atoms with van der Waals surface area (Å²) in [5.41, 5.74) is 1.50. The number of nitriles is 1. The molecule has 3 saturated heterocycles. The number of rotatable bonds is 4. The lowest BCUT2D eigenvalue weighted by molar-refractivity contribution is -0.128. The number of hydrogen-bond acceptors (Lipinski definition) is 4. The molecule has 0 saturated carbocycles. The molecule has 3 aliphatic rings. The van der Waals surface area contributed by atoms with Crippen molar-refractivity contribution >= 4 is 5.91 Å². The largest absolute Gasteiger partial charge is 0.370 e. The van der Waals surface area contributed by atoms with E-state index in [9.17, 15) is 4.79 Å². The Morgan fingerprint density at radius 3 is 3.00 bits per heavy atom. The fourth-order valence-corrected chi connectivity index (χ4v) is 5.15. The summed E-state index contributed by atoms with van der Waals surface area (Å²) in [7, 11) is 0. The molecule has 1 amide bonds. The van der Waals surface area contributed by atoms with E-state index in [1.54, 1.807) is 0 Å². The van der Waals surface area contributed by atoms with Crippen molar-refractivity contribution in [2.24, 2.45) is 17.3 Å². The number of carbonyl (C=O) groups is 1. The molecule has 3 heterocycles. The van der Waals surface area contributed by atoms with E-state index in [2.05, 4.69) is 22.4 Å². The summed E-state index contributed by atoms with van der Waals surface area (Å²) in [6.07, 6.45) is 2.52. The number of ether oxygens (including phenoxy) is 1. The van der Waals surface area contributed by atoms with E-state index in [0.29, 0.717) is 30.0 Å². The predicted molar refractivity (Wildman–Crippen MR) is 103 cm³/mol. The first-order valence-electron chi connectivity index (χ1n) is 9.98. The van der Waals surface area contributed by atoms with Crippen LogP contribution in [0.25, 0.3) is 0 Å². The topological polar surface area (TPSA) is 65.4 Å². The van der Waals surface area contributed by atoms with Crippen LogP contribution < -0.4 is 5.32 Å². The molecule has 0 unspecified atom stereocenters. The molecule has 1 aromatic rings. The fraction of sp³-hybridized carbons (Fsp3) is 0.636. The molecule has 1 aromatic carbocycles. The number of likely N-dealkylation sites (tertiary alicyclic amines) is 1. The Hall–Kier alpha value is -1.90. The maximum Gasteiger partial charge on any atom is 0.225 e. The van der Waals surface area contributed by atoms with Gasteiger partial charge in [0.15, 0.2) is 0 Å². The first kappa shape index (κ1) is 18.5. The zero-order valence-corrected chi connectivity index (χ0v) is 16.5. The zero-order chi connectivity index (χ0) is 19.2. The van der Waals surface area contributed by atoms with Crippen molar-refractivity contribution in [3.63, 3.8) is 0 Å². The second-order valence-electron chi connectivity index (χ2n) is 9.47. The molecule has 1 N–H and O–H groups in total. The van der Waals surface area contributed by atoms with Crippen LogP contribution in [0.4, 0.5) is 0 Å². The van der Waals surface area contributed by atoms with Crippen molar-refractivity contribution < 1.29 is 9.53 Å². The molecule has 27 heavy (non-hydrogen) atoms. The summed E-state index contributed by atoms with van der Waals surface area (Å²) < 4.78 is 6.48. The van der Waals surface area contributed by atoms with E-state index >= 15 is 0 Å². The van der Waals surface area contributed by atoms with E-state index < -0.39 is 0 Å². The van der Waals surface area contributed by atoms with Gasteiger partial charge in [0.2, 0.25) is 5.91 Å². The van der Waals surface area contributed by atoms with Gasteiger partial charge < -0.3 is 10.1 Å². The third-order valence-corrected chi connectivity index (χ3v) is 6.50. The van der Waals surface area contributed by atoms with Gasteiger partial charge in [0.05, 0.1) is 23.3 Å². The SMILES string of the molecule is CC(C)(C)C(=O)NC[C@H]1[C@H]2CN(Cc3cccc(C#N)c3)C[C@]23CC[C@H]1O3. The second kappa shape index (κ2) is 6.61. The smallest absolute Gasteiger partial charge is 0.225 e. The van der Waals surface area contributed by atoms with E-state index in [1.165, 1.54) is 5.56 Å². The van der Waals surface area contributed by atoms with Gasteiger partial charge in [-0.3, -0.25) is 9.69 Å². The van der Waals surface area contributed by atoms with Crippen LogP contribution in [-0.4, -0.2) is 42.1 Å². The summed E-state index contributed by atoms with van der Waals surface area (Å²) in [5.74, 6) is 0.999. The van der Waals surface area contributed by atoms with Crippen molar-refractivity contribution in [2.45, 2.75) is 51.9 Å². The van der Waals surface area contributed by atoms with Gasteiger partial charge in [-0.25, -0.2) is 0 Å². The fourth-order valence-electron chi connectivity index (χ4n) is 5.15. The number of carbonyl (C=O) groups excluding carboxylic acids is 1. The average molecular weight is 367 g/mol. The molecular formula is C22H29N3O2. The van der Waals surface area contributed by atoms with Crippen molar-refractivity contribution in [2.75, 3.05) is 19.6 Å². The number of fused-ring (bicyclic) bond motifs is 1. The highest BCUT2D eigenvalue weighted by atomic mass is 16.5. The number of nitrogens with one attached hydrogen (secondary N) is 1. The van der Waals surface area contributed by atoms with E-state index in [0.717, 1.165) is 32.5 Å². The molecule has 4 rings (SSSR count). The maximum atomic E-state index is 12.3. The lowest BCUT2D eigenvalue weighted by Gasteiger charge is -2.30. The summed E-state index contributed by atoms with van der Waals surface area (Å²) in [5, 5.41) is 12.3. The maximum absolute atomic E-state index is 12.3. The molecule has 2 bridgehead atoms. The Morgan fingerprint density at radius 1 is 1.44 bits per heavy atom. The molecule has 3 fully saturated rings. The van der Waals surface area contributed by atoms with Crippen molar-refractivity contribution in [1.82, 2.24) is 10.2 Å². The Morgan fingerprint density at radius 2 is 2.26 bits per heavy atom. The molecule has 3 aliphatic heterocycles. The van der Waals surface area contributed by atoms with Crippen LogP contribution in [-0.2, 0) is 16.1 Å². The van der Waals surface area contributed by atoms with Gasteiger partial charge in [0, 0.05) is 43.4 Å². The van der Waals surface area contributed by atoms with Gasteiger partial charge in [0.1, 0.15) is 0 Å². The molecule has 0 aliphatic carbocycles. The second-order valence-corrected chi connectivity index (χ2v) is 9.47. The summed E-state index contributed by atoms with van der Waals surface area (Å²) in [4.78, 5) is 14.8. The van der Waals surface area contributed by atoms with E-state index in [-0.39, 0.29) is 16.9 Å². The van der Waals surface area contributed by atoms with Gasteiger partial charge in [-0.1, -0.05) is 32.9 Å². The van der Waals surface area contributed by atoms with Gasteiger partial charge in [-0.15, -0.1) is 0 Å². The summed E-state index contributed by atoms with van der Waals surface area (Å²) in [6.45, 7) is 9.38. The Kier molecular flexibility index (Phi) is 4.52. The van der Waals surface area contributed by atoms with Gasteiger partial charge in [0.25, 0.3) is 0 Å². The molecule has 5 heteroatoms. The lowest BCUT2D eigenvalue weighted by Crippen LogP contribution is -2.44. The minimum atomic E-state index is -0.358. The average Bonchev–Trinajstić information content (AvgIpc) is 3.26. The third kappa shape index (κ3) is 3.37. The van der Waals surface area contributed by atoms with Crippen LogP contribution in [0.15, 0.2) is 24.3 Å². The zero-order valence-electron chi connectivity index (χ0n) is 16.5. The van der Waals surface area contributed by atoms with Crippen LogP contribution in [0.1, 0.15) is 44.7 Å². The van der Waals surface area contributed by atoms with Crippen molar-refractivity contribution in [3.8, 4) is 6.07 Å². The van der Waals surface area contributed by atoms with Crippen LogP contribution in [0.3, 0.4) is 0 Å². The molecule has 0 aromatic heterocycles. The molecule has 5 nitrogen and oxygen atoms in total. The van der Waals surface area contributed by atoms with Crippen LogP contribution >= 0.6 is 0 Å². The molecule has 0 radical (unpaired) electrons. The molecule has 1 spiro atoms. The predicted octanol–water partition coefficient (Wildman–Crippen LogP) is 2.70. The summed E-state index contributed by atoms with van der Waals surface area (Å²) >= 11 is 0. The van der Waals surface area contributed by atoms with E-state index in [1.807, 2.05) is 39.0 Å². The highest BCUT2D eigenvalue weighted by molar-refractivity contribution is 5.81. The first-order chi connectivity index (χ1) is 12.8. The highest BCUT2D eigenvalue weighted by Crippen LogP contribution is 2.54. The number of amides is 1.